The Hall–Kier alpha value is -3.67. The van der Waals surface area contributed by atoms with Crippen LogP contribution in [0.3, 0.4) is 0 Å². The Kier molecular flexibility index (Phi) is 3.85. The Morgan fingerprint density at radius 1 is 1.12 bits per heavy atom. The highest BCUT2D eigenvalue weighted by molar-refractivity contribution is 6.05. The first-order valence-corrected chi connectivity index (χ1v) is 8.06. The summed E-state index contributed by atoms with van der Waals surface area (Å²) in [6, 6.07) is 15.9. The van der Waals surface area contributed by atoms with Gasteiger partial charge in [-0.05, 0) is 31.2 Å². The molecule has 4 rings (SSSR count). The molecule has 2 aromatic carbocycles. The Balaban J connectivity index is 1.59. The second-order valence-corrected chi connectivity index (χ2v) is 5.89. The lowest BCUT2D eigenvalue weighted by Gasteiger charge is -2.06. The fraction of sp³-hybridized carbons (Fsp3) is 0.0500. The number of imidazole rings is 1. The average molecular weight is 345 g/mol. The second kappa shape index (κ2) is 6.33. The van der Waals surface area contributed by atoms with Crippen molar-refractivity contribution >= 4 is 22.6 Å². The van der Waals surface area contributed by atoms with Crippen LogP contribution in [0.25, 0.3) is 22.2 Å². The number of H-pyrrole nitrogens is 1. The van der Waals surface area contributed by atoms with Crippen LogP contribution in [-0.2, 0) is 0 Å². The van der Waals surface area contributed by atoms with Gasteiger partial charge in [-0.25, -0.2) is 9.78 Å². The zero-order chi connectivity index (χ0) is 18.1. The van der Waals surface area contributed by atoms with Crippen LogP contribution < -0.4 is 10.9 Å². The van der Waals surface area contributed by atoms with Crippen LogP contribution in [0.2, 0.25) is 0 Å². The smallest absolute Gasteiger partial charge is 0.349 e. The minimum Gasteiger partial charge on any atom is -0.422 e. The Bertz CT molecular complexity index is 1160. The SMILES string of the molecule is Cc1[nH]cnc1-c1ccc(NC(=O)c2cc3ccccc3oc2=O)cc1. The zero-order valence-electron chi connectivity index (χ0n) is 13.9. The van der Waals surface area contributed by atoms with Gasteiger partial charge < -0.3 is 14.7 Å². The largest absolute Gasteiger partial charge is 0.422 e. The Morgan fingerprint density at radius 2 is 1.88 bits per heavy atom. The molecule has 0 spiro atoms. The van der Waals surface area contributed by atoms with Crippen LogP contribution in [0.4, 0.5) is 5.69 Å². The maximum Gasteiger partial charge on any atom is 0.349 e. The summed E-state index contributed by atoms with van der Waals surface area (Å²) in [6.45, 7) is 1.94. The number of rotatable bonds is 3. The van der Waals surface area contributed by atoms with E-state index in [1.54, 1.807) is 36.7 Å². The highest BCUT2D eigenvalue weighted by atomic mass is 16.4. The minimum absolute atomic E-state index is 0.0316. The number of aryl methyl sites for hydroxylation is 1. The maximum atomic E-state index is 12.5. The van der Waals surface area contributed by atoms with Crippen LogP contribution in [0.5, 0.6) is 0 Å². The van der Waals surface area contributed by atoms with Gasteiger partial charge in [-0.15, -0.1) is 0 Å². The lowest BCUT2D eigenvalue weighted by molar-refractivity contribution is 0.102. The first-order chi connectivity index (χ1) is 12.6. The molecular formula is C20H15N3O3. The normalized spacial score (nSPS) is 10.8. The number of anilines is 1. The Morgan fingerprint density at radius 3 is 2.62 bits per heavy atom. The number of nitrogens with zero attached hydrogens (tertiary/aromatic N) is 1. The molecule has 0 fully saturated rings. The van der Waals surface area contributed by atoms with Crippen LogP contribution >= 0.6 is 0 Å². The molecule has 0 bridgehead atoms. The van der Waals surface area contributed by atoms with Gasteiger partial charge in [-0.2, -0.15) is 0 Å². The number of fused-ring (bicyclic) bond motifs is 1. The number of para-hydroxylation sites is 1. The zero-order valence-corrected chi connectivity index (χ0v) is 13.9. The van der Waals surface area contributed by atoms with Gasteiger partial charge in [0.1, 0.15) is 11.1 Å². The third kappa shape index (κ3) is 2.88. The summed E-state index contributed by atoms with van der Waals surface area (Å²) in [5.74, 6) is -0.506. The molecular weight excluding hydrogens is 330 g/mol. The lowest BCUT2D eigenvalue weighted by atomic mass is 10.1. The number of aromatic nitrogens is 2. The summed E-state index contributed by atoms with van der Waals surface area (Å²) in [5, 5.41) is 3.42. The number of hydrogen-bond acceptors (Lipinski definition) is 4. The van der Waals surface area contributed by atoms with E-state index in [1.807, 2.05) is 25.1 Å². The molecule has 0 aliphatic heterocycles. The molecule has 6 heteroatoms. The van der Waals surface area contributed by atoms with Gasteiger partial charge in [0, 0.05) is 22.3 Å². The number of amides is 1. The topological polar surface area (TPSA) is 88.0 Å². The van der Waals surface area contributed by atoms with E-state index in [9.17, 15) is 9.59 Å². The molecule has 0 radical (unpaired) electrons. The van der Waals surface area contributed by atoms with E-state index in [0.717, 1.165) is 17.0 Å². The third-order valence-corrected chi connectivity index (χ3v) is 4.13. The van der Waals surface area contributed by atoms with Crippen molar-refractivity contribution < 1.29 is 9.21 Å². The molecule has 0 saturated heterocycles. The molecule has 0 saturated carbocycles. The molecule has 2 heterocycles. The van der Waals surface area contributed by atoms with Crippen molar-refractivity contribution in [1.29, 1.82) is 0 Å². The van der Waals surface area contributed by atoms with Crippen LogP contribution in [0.15, 0.2) is 70.1 Å². The van der Waals surface area contributed by atoms with Crippen LogP contribution in [-0.4, -0.2) is 15.9 Å². The first-order valence-electron chi connectivity index (χ1n) is 8.06. The summed E-state index contributed by atoms with van der Waals surface area (Å²) in [4.78, 5) is 31.8. The van der Waals surface area contributed by atoms with Crippen molar-refractivity contribution in [3.63, 3.8) is 0 Å². The molecule has 0 unspecified atom stereocenters. The van der Waals surface area contributed by atoms with Gasteiger partial charge in [0.05, 0.1) is 12.0 Å². The quantitative estimate of drug-likeness (QED) is 0.554. The highest BCUT2D eigenvalue weighted by Crippen LogP contribution is 2.22. The number of benzene rings is 2. The summed E-state index contributed by atoms with van der Waals surface area (Å²) in [6.07, 6.45) is 1.64. The summed E-state index contributed by atoms with van der Waals surface area (Å²) in [5.41, 5.74) is 3.11. The molecule has 0 atom stereocenters. The predicted octanol–water partition coefficient (Wildman–Crippen LogP) is 3.74. The number of carbonyl (C=O) groups is 1. The molecule has 2 aromatic heterocycles. The summed E-state index contributed by atoms with van der Waals surface area (Å²) >= 11 is 0. The van der Waals surface area contributed by atoms with Crippen molar-refractivity contribution in [1.82, 2.24) is 9.97 Å². The van der Waals surface area contributed by atoms with Gasteiger partial charge >= 0.3 is 5.63 Å². The first kappa shape index (κ1) is 15.8. The highest BCUT2D eigenvalue weighted by Gasteiger charge is 2.14. The van der Waals surface area contributed by atoms with E-state index in [2.05, 4.69) is 15.3 Å². The van der Waals surface area contributed by atoms with Crippen molar-refractivity contribution in [2.24, 2.45) is 0 Å². The van der Waals surface area contributed by atoms with E-state index in [4.69, 9.17) is 4.42 Å². The van der Waals surface area contributed by atoms with E-state index in [-0.39, 0.29) is 5.56 Å². The van der Waals surface area contributed by atoms with Crippen molar-refractivity contribution in [2.45, 2.75) is 6.92 Å². The maximum absolute atomic E-state index is 12.5. The molecule has 1 amide bonds. The van der Waals surface area contributed by atoms with E-state index in [1.165, 1.54) is 6.07 Å². The summed E-state index contributed by atoms with van der Waals surface area (Å²) < 4.78 is 5.20. The molecule has 4 aromatic rings. The average Bonchev–Trinajstić information content (AvgIpc) is 3.07. The van der Waals surface area contributed by atoms with Crippen molar-refractivity contribution in [2.75, 3.05) is 5.32 Å². The molecule has 0 aliphatic rings. The number of hydrogen-bond donors (Lipinski definition) is 2. The number of nitrogens with one attached hydrogen (secondary N) is 2. The van der Waals surface area contributed by atoms with E-state index < -0.39 is 11.5 Å². The number of carbonyl (C=O) groups excluding carboxylic acids is 1. The van der Waals surface area contributed by atoms with Gasteiger partial charge in [0.25, 0.3) is 5.91 Å². The molecule has 0 aliphatic carbocycles. The lowest BCUT2D eigenvalue weighted by Crippen LogP contribution is -2.20. The molecule has 6 nitrogen and oxygen atoms in total. The van der Waals surface area contributed by atoms with Gasteiger partial charge in [0.15, 0.2) is 0 Å². The van der Waals surface area contributed by atoms with Gasteiger partial charge in [-0.1, -0.05) is 30.3 Å². The van der Waals surface area contributed by atoms with Crippen molar-refractivity contribution in [3.05, 3.63) is 82.6 Å². The van der Waals surface area contributed by atoms with E-state index in [0.29, 0.717) is 16.7 Å². The minimum atomic E-state index is -0.662. The predicted molar refractivity (Wildman–Crippen MR) is 99.2 cm³/mol. The summed E-state index contributed by atoms with van der Waals surface area (Å²) in [7, 11) is 0. The standard InChI is InChI=1S/C20H15N3O3/c1-12-18(22-11-21-12)13-6-8-15(9-7-13)23-19(24)16-10-14-4-2-3-5-17(14)26-20(16)25/h2-11H,1H3,(H,21,22)(H,23,24). The molecule has 2 N–H and O–H groups in total. The van der Waals surface area contributed by atoms with Gasteiger partial charge in [-0.3, -0.25) is 4.79 Å². The fourth-order valence-corrected chi connectivity index (χ4v) is 2.78. The van der Waals surface area contributed by atoms with E-state index >= 15 is 0 Å². The molecule has 26 heavy (non-hydrogen) atoms. The third-order valence-electron chi connectivity index (χ3n) is 4.13. The molecule has 128 valence electrons. The monoisotopic (exact) mass is 345 g/mol. The second-order valence-electron chi connectivity index (χ2n) is 5.89. The van der Waals surface area contributed by atoms with Gasteiger partial charge in [0.2, 0.25) is 0 Å². The fourth-order valence-electron chi connectivity index (χ4n) is 2.78. The van der Waals surface area contributed by atoms with Crippen LogP contribution in [0, 0.1) is 6.92 Å². The number of aromatic amines is 1. The van der Waals surface area contributed by atoms with Crippen LogP contribution in [0.1, 0.15) is 16.1 Å². The van der Waals surface area contributed by atoms with Crippen molar-refractivity contribution in [3.8, 4) is 11.3 Å². The Labute approximate surface area is 148 Å².